The van der Waals surface area contributed by atoms with Crippen LogP contribution in [-0.4, -0.2) is 0 Å². The van der Waals surface area contributed by atoms with Gasteiger partial charge < -0.3 is 5.73 Å². The monoisotopic (exact) mass is 251 g/mol. The highest BCUT2D eigenvalue weighted by Crippen LogP contribution is 2.23. The Hall–Kier alpha value is -1.00. The SMILES string of the molecule is C=C(C)C[C@H](N)c1cc(F)cc(F)c1F.Cl. The Morgan fingerprint density at radius 1 is 1.38 bits per heavy atom. The summed E-state index contributed by atoms with van der Waals surface area (Å²) in [6, 6.07) is 0.630. The lowest BCUT2D eigenvalue weighted by Crippen LogP contribution is -2.13. The first-order valence-corrected chi connectivity index (χ1v) is 4.46. The molecule has 5 heteroatoms. The molecule has 90 valence electrons. The molecule has 0 aliphatic carbocycles. The molecule has 0 amide bonds. The quantitative estimate of drug-likeness (QED) is 0.646. The molecule has 0 unspecified atom stereocenters. The van der Waals surface area contributed by atoms with Crippen molar-refractivity contribution in [2.45, 2.75) is 19.4 Å². The topological polar surface area (TPSA) is 26.0 Å². The minimum Gasteiger partial charge on any atom is -0.324 e. The second kappa shape index (κ2) is 5.92. The van der Waals surface area contributed by atoms with E-state index in [4.69, 9.17) is 5.73 Å². The first-order valence-electron chi connectivity index (χ1n) is 4.46. The summed E-state index contributed by atoms with van der Waals surface area (Å²) in [5, 5.41) is 0. The summed E-state index contributed by atoms with van der Waals surface area (Å²) in [7, 11) is 0. The van der Waals surface area contributed by atoms with Crippen LogP contribution in [0.25, 0.3) is 0 Å². The largest absolute Gasteiger partial charge is 0.324 e. The number of nitrogens with two attached hydrogens (primary N) is 1. The van der Waals surface area contributed by atoms with Crippen LogP contribution in [0.5, 0.6) is 0 Å². The van der Waals surface area contributed by atoms with E-state index in [9.17, 15) is 13.2 Å². The maximum Gasteiger partial charge on any atom is 0.163 e. The van der Waals surface area contributed by atoms with Crippen molar-refractivity contribution < 1.29 is 13.2 Å². The van der Waals surface area contributed by atoms with Crippen LogP contribution >= 0.6 is 12.4 Å². The number of hydrogen-bond acceptors (Lipinski definition) is 1. The van der Waals surface area contributed by atoms with E-state index in [1.165, 1.54) is 0 Å². The molecule has 16 heavy (non-hydrogen) atoms. The average molecular weight is 252 g/mol. The molecule has 1 atom stereocenters. The van der Waals surface area contributed by atoms with Gasteiger partial charge >= 0.3 is 0 Å². The Labute approximate surface area is 98.6 Å². The van der Waals surface area contributed by atoms with Crippen LogP contribution in [0.1, 0.15) is 24.9 Å². The summed E-state index contributed by atoms with van der Waals surface area (Å²) in [6.07, 6.45) is 0.291. The molecular formula is C11H13ClF3N. The van der Waals surface area contributed by atoms with Gasteiger partial charge in [0.2, 0.25) is 0 Å². The Bertz CT molecular complexity index is 393. The van der Waals surface area contributed by atoms with Crippen LogP contribution in [0.15, 0.2) is 24.3 Å². The molecule has 0 saturated carbocycles. The summed E-state index contributed by atoms with van der Waals surface area (Å²) >= 11 is 0. The predicted molar refractivity (Wildman–Crippen MR) is 59.9 cm³/mol. The second-order valence-electron chi connectivity index (χ2n) is 3.56. The van der Waals surface area contributed by atoms with Gasteiger partial charge in [-0.15, -0.1) is 19.0 Å². The van der Waals surface area contributed by atoms with Crippen molar-refractivity contribution in [3.8, 4) is 0 Å². The van der Waals surface area contributed by atoms with Crippen molar-refractivity contribution in [2.75, 3.05) is 0 Å². The van der Waals surface area contributed by atoms with E-state index in [1.54, 1.807) is 6.92 Å². The van der Waals surface area contributed by atoms with Crippen molar-refractivity contribution in [3.63, 3.8) is 0 Å². The van der Waals surface area contributed by atoms with Crippen molar-refractivity contribution in [1.82, 2.24) is 0 Å². The molecule has 2 N–H and O–H groups in total. The van der Waals surface area contributed by atoms with E-state index in [0.29, 0.717) is 12.5 Å². The van der Waals surface area contributed by atoms with Gasteiger partial charge in [-0.3, -0.25) is 0 Å². The third-order valence-corrected chi connectivity index (χ3v) is 1.99. The lowest BCUT2D eigenvalue weighted by atomic mass is 10.0. The van der Waals surface area contributed by atoms with Gasteiger partial charge in [-0.2, -0.15) is 0 Å². The summed E-state index contributed by atoms with van der Waals surface area (Å²) in [4.78, 5) is 0. The number of halogens is 4. The summed E-state index contributed by atoms with van der Waals surface area (Å²) in [5.41, 5.74) is 6.17. The zero-order chi connectivity index (χ0) is 11.6. The van der Waals surface area contributed by atoms with Gasteiger partial charge in [0.05, 0.1) is 0 Å². The zero-order valence-electron chi connectivity index (χ0n) is 8.77. The van der Waals surface area contributed by atoms with Crippen LogP contribution < -0.4 is 5.73 Å². The third kappa shape index (κ3) is 3.54. The Morgan fingerprint density at radius 2 is 1.94 bits per heavy atom. The maximum atomic E-state index is 13.2. The van der Waals surface area contributed by atoms with Crippen LogP contribution in [0.2, 0.25) is 0 Å². The zero-order valence-corrected chi connectivity index (χ0v) is 9.58. The standard InChI is InChI=1S/C11H12F3N.ClH/c1-6(2)3-10(15)8-4-7(12)5-9(13)11(8)14;/h4-5,10H,1,3,15H2,2H3;1H/t10-;/m0./s1. The smallest absolute Gasteiger partial charge is 0.163 e. The lowest BCUT2D eigenvalue weighted by molar-refractivity contribution is 0.474. The highest BCUT2D eigenvalue weighted by molar-refractivity contribution is 5.85. The van der Waals surface area contributed by atoms with Crippen molar-refractivity contribution in [2.24, 2.45) is 5.73 Å². The average Bonchev–Trinajstić information content (AvgIpc) is 2.09. The minimum atomic E-state index is -1.22. The van der Waals surface area contributed by atoms with Gasteiger partial charge in [0.15, 0.2) is 11.6 Å². The number of rotatable bonds is 3. The number of benzene rings is 1. The van der Waals surface area contributed by atoms with Crippen LogP contribution in [0.3, 0.4) is 0 Å². The first-order chi connectivity index (χ1) is 6.91. The van der Waals surface area contributed by atoms with Gasteiger partial charge in [0, 0.05) is 17.7 Å². The van der Waals surface area contributed by atoms with E-state index < -0.39 is 23.5 Å². The molecule has 1 nitrogen and oxygen atoms in total. The normalized spacial score (nSPS) is 11.8. The van der Waals surface area contributed by atoms with Gasteiger partial charge in [-0.05, 0) is 19.4 Å². The van der Waals surface area contributed by atoms with Gasteiger partial charge in [0.1, 0.15) is 5.82 Å². The molecule has 0 saturated heterocycles. The van der Waals surface area contributed by atoms with E-state index in [2.05, 4.69) is 6.58 Å². The molecule has 0 aromatic heterocycles. The van der Waals surface area contributed by atoms with Gasteiger partial charge in [-0.1, -0.05) is 5.57 Å². The molecule has 1 aromatic carbocycles. The van der Waals surface area contributed by atoms with E-state index in [-0.39, 0.29) is 18.0 Å². The fraction of sp³-hybridized carbons (Fsp3) is 0.273. The first kappa shape index (κ1) is 15.0. The maximum absolute atomic E-state index is 13.2. The number of hydrogen-bond donors (Lipinski definition) is 1. The molecule has 1 rings (SSSR count). The molecule has 0 spiro atoms. The Kier molecular flexibility index (Phi) is 5.55. The molecule has 0 aliphatic rings. The molecular weight excluding hydrogens is 239 g/mol. The summed E-state index contributed by atoms with van der Waals surface area (Å²) in [6.45, 7) is 5.32. The molecule has 0 bridgehead atoms. The third-order valence-electron chi connectivity index (χ3n) is 1.99. The van der Waals surface area contributed by atoms with E-state index in [0.717, 1.165) is 11.6 Å². The molecule has 1 aromatic rings. The summed E-state index contributed by atoms with van der Waals surface area (Å²) in [5.74, 6) is -3.15. The van der Waals surface area contributed by atoms with Gasteiger partial charge in [0.25, 0.3) is 0 Å². The second-order valence-corrected chi connectivity index (χ2v) is 3.56. The molecule has 0 fully saturated rings. The predicted octanol–water partition coefficient (Wildman–Crippen LogP) is 3.49. The minimum absolute atomic E-state index is 0. The van der Waals surface area contributed by atoms with Crippen LogP contribution in [0.4, 0.5) is 13.2 Å². The summed E-state index contributed by atoms with van der Waals surface area (Å²) < 4.78 is 38.9. The lowest BCUT2D eigenvalue weighted by Gasteiger charge is -2.13. The van der Waals surface area contributed by atoms with Crippen LogP contribution in [0, 0.1) is 17.5 Å². The van der Waals surface area contributed by atoms with Crippen molar-refractivity contribution in [1.29, 1.82) is 0 Å². The fourth-order valence-corrected chi connectivity index (χ4v) is 1.33. The van der Waals surface area contributed by atoms with Crippen LogP contribution in [-0.2, 0) is 0 Å². The highest BCUT2D eigenvalue weighted by Gasteiger charge is 2.16. The Morgan fingerprint density at radius 3 is 2.44 bits per heavy atom. The fourth-order valence-electron chi connectivity index (χ4n) is 1.33. The van der Waals surface area contributed by atoms with Gasteiger partial charge in [-0.25, -0.2) is 13.2 Å². The van der Waals surface area contributed by atoms with Crippen molar-refractivity contribution in [3.05, 3.63) is 47.3 Å². The molecule has 0 radical (unpaired) electrons. The van der Waals surface area contributed by atoms with Crippen molar-refractivity contribution >= 4 is 12.4 Å². The Balaban J connectivity index is 0.00000225. The molecule has 0 heterocycles. The van der Waals surface area contributed by atoms with E-state index in [1.807, 2.05) is 0 Å². The molecule has 0 aliphatic heterocycles. The van der Waals surface area contributed by atoms with E-state index >= 15 is 0 Å². The highest BCUT2D eigenvalue weighted by atomic mass is 35.5.